The molecule has 9 nitrogen and oxygen atoms in total. The third-order valence-electron chi connectivity index (χ3n) is 2.70. The lowest BCUT2D eigenvalue weighted by Crippen LogP contribution is -2.14. The number of aryl methyl sites for hydroxylation is 1. The highest BCUT2D eigenvalue weighted by Gasteiger charge is 2.10. The Kier molecular flexibility index (Phi) is 4.44. The van der Waals surface area contributed by atoms with E-state index in [2.05, 4.69) is 20.7 Å². The van der Waals surface area contributed by atoms with E-state index < -0.39 is 4.92 Å². The van der Waals surface area contributed by atoms with Crippen LogP contribution in [0.1, 0.15) is 6.42 Å². The number of aromatic nitrogens is 3. The van der Waals surface area contributed by atoms with Crippen LogP contribution in [0.5, 0.6) is 0 Å². The molecule has 0 aromatic carbocycles. The Balaban J connectivity index is 1.84. The van der Waals surface area contributed by atoms with Gasteiger partial charge < -0.3 is 10.6 Å². The molecule has 0 aliphatic rings. The molecule has 2 aromatic heterocycles. The van der Waals surface area contributed by atoms with Gasteiger partial charge in [-0.2, -0.15) is 5.10 Å². The first-order valence-corrected chi connectivity index (χ1v) is 6.19. The van der Waals surface area contributed by atoms with Crippen LogP contribution < -0.4 is 10.6 Å². The summed E-state index contributed by atoms with van der Waals surface area (Å²) in [6, 6.07) is 3.47. The van der Waals surface area contributed by atoms with Gasteiger partial charge >= 0.3 is 5.69 Å². The quantitative estimate of drug-likeness (QED) is 0.611. The van der Waals surface area contributed by atoms with E-state index in [9.17, 15) is 14.9 Å². The lowest BCUT2D eigenvalue weighted by Gasteiger charge is -2.05. The SMILES string of the molecule is CNc1ccc(NC(=O)CCn2cc([N+](=O)[O-])cn2)cn1. The van der Waals surface area contributed by atoms with Gasteiger partial charge in [-0.25, -0.2) is 4.98 Å². The zero-order chi connectivity index (χ0) is 15.2. The van der Waals surface area contributed by atoms with Crippen LogP contribution in [0.25, 0.3) is 0 Å². The number of pyridine rings is 1. The standard InChI is InChI=1S/C12H14N6O3/c1-13-11-3-2-9(6-14-11)16-12(19)4-5-17-8-10(7-15-17)18(20)21/h2-3,6-8H,4-5H2,1H3,(H,13,14)(H,16,19). The molecule has 0 aliphatic carbocycles. The van der Waals surface area contributed by atoms with E-state index >= 15 is 0 Å². The van der Waals surface area contributed by atoms with Crippen LogP contribution in [0, 0.1) is 10.1 Å². The third-order valence-corrected chi connectivity index (χ3v) is 2.70. The van der Waals surface area contributed by atoms with Crippen LogP contribution in [0.4, 0.5) is 17.2 Å². The molecular formula is C12H14N6O3. The molecule has 0 radical (unpaired) electrons. The topological polar surface area (TPSA) is 115 Å². The Morgan fingerprint density at radius 3 is 2.81 bits per heavy atom. The highest BCUT2D eigenvalue weighted by molar-refractivity contribution is 5.90. The third kappa shape index (κ3) is 4.00. The maximum absolute atomic E-state index is 11.8. The van der Waals surface area contributed by atoms with E-state index in [-0.39, 0.29) is 24.6 Å². The molecule has 0 atom stereocenters. The van der Waals surface area contributed by atoms with Crippen molar-refractivity contribution < 1.29 is 9.72 Å². The van der Waals surface area contributed by atoms with Crippen molar-refractivity contribution in [3.8, 4) is 0 Å². The van der Waals surface area contributed by atoms with Crippen molar-refractivity contribution in [2.45, 2.75) is 13.0 Å². The molecule has 1 amide bonds. The van der Waals surface area contributed by atoms with Gasteiger partial charge in [0, 0.05) is 20.0 Å². The highest BCUT2D eigenvalue weighted by Crippen LogP contribution is 2.10. The van der Waals surface area contributed by atoms with E-state index in [0.717, 1.165) is 6.20 Å². The van der Waals surface area contributed by atoms with Crippen molar-refractivity contribution in [3.63, 3.8) is 0 Å². The summed E-state index contributed by atoms with van der Waals surface area (Å²) >= 11 is 0. The van der Waals surface area contributed by atoms with E-state index in [1.807, 2.05) is 0 Å². The molecule has 0 saturated carbocycles. The summed E-state index contributed by atoms with van der Waals surface area (Å²) in [6.45, 7) is 0.266. The molecule has 2 rings (SSSR count). The summed E-state index contributed by atoms with van der Waals surface area (Å²) in [5.74, 6) is 0.490. The lowest BCUT2D eigenvalue weighted by atomic mass is 10.3. The zero-order valence-electron chi connectivity index (χ0n) is 11.3. The van der Waals surface area contributed by atoms with Crippen molar-refractivity contribution in [1.29, 1.82) is 0 Å². The predicted molar refractivity (Wildman–Crippen MR) is 75.9 cm³/mol. The number of carbonyl (C=O) groups is 1. The fourth-order valence-electron chi connectivity index (χ4n) is 1.62. The Labute approximate surface area is 120 Å². The second-order valence-corrected chi connectivity index (χ2v) is 4.20. The van der Waals surface area contributed by atoms with E-state index in [1.54, 1.807) is 25.4 Å². The number of amides is 1. The molecule has 0 fully saturated rings. The molecule has 0 bridgehead atoms. The van der Waals surface area contributed by atoms with Gasteiger partial charge in [-0.15, -0.1) is 0 Å². The lowest BCUT2D eigenvalue weighted by molar-refractivity contribution is -0.385. The monoisotopic (exact) mass is 290 g/mol. The zero-order valence-corrected chi connectivity index (χ0v) is 11.3. The van der Waals surface area contributed by atoms with Gasteiger partial charge in [0.1, 0.15) is 18.2 Å². The summed E-state index contributed by atoms with van der Waals surface area (Å²) in [7, 11) is 1.75. The Morgan fingerprint density at radius 1 is 1.43 bits per heavy atom. The Morgan fingerprint density at radius 2 is 2.24 bits per heavy atom. The summed E-state index contributed by atoms with van der Waals surface area (Å²) in [5.41, 5.74) is 0.493. The van der Waals surface area contributed by atoms with Gasteiger partial charge in [0.2, 0.25) is 5.91 Å². The molecule has 2 aromatic rings. The van der Waals surface area contributed by atoms with Crippen LogP contribution in [0.3, 0.4) is 0 Å². The minimum atomic E-state index is -0.529. The average Bonchev–Trinajstić information content (AvgIpc) is 2.95. The maximum atomic E-state index is 11.8. The summed E-state index contributed by atoms with van der Waals surface area (Å²) in [5, 5.41) is 19.9. The molecule has 0 spiro atoms. The molecule has 2 N–H and O–H groups in total. The number of hydrogen-bond donors (Lipinski definition) is 2. The molecule has 0 aliphatic heterocycles. The van der Waals surface area contributed by atoms with Gasteiger partial charge in [-0.05, 0) is 12.1 Å². The van der Waals surface area contributed by atoms with Crippen molar-refractivity contribution in [2.75, 3.05) is 17.7 Å². The van der Waals surface area contributed by atoms with Crippen LogP contribution in [0.2, 0.25) is 0 Å². The summed E-state index contributed by atoms with van der Waals surface area (Å²) in [4.78, 5) is 25.8. The second kappa shape index (κ2) is 6.46. The number of nitrogens with zero attached hydrogens (tertiary/aromatic N) is 4. The number of nitrogens with one attached hydrogen (secondary N) is 2. The largest absolute Gasteiger partial charge is 0.373 e. The Bertz CT molecular complexity index is 637. The van der Waals surface area contributed by atoms with Crippen LogP contribution >= 0.6 is 0 Å². The van der Waals surface area contributed by atoms with E-state index in [4.69, 9.17) is 0 Å². The first-order chi connectivity index (χ1) is 10.1. The smallest absolute Gasteiger partial charge is 0.306 e. The molecule has 0 saturated heterocycles. The molecule has 21 heavy (non-hydrogen) atoms. The fourth-order valence-corrected chi connectivity index (χ4v) is 1.62. The van der Waals surface area contributed by atoms with Crippen LogP contribution in [-0.2, 0) is 11.3 Å². The first-order valence-electron chi connectivity index (χ1n) is 6.19. The predicted octanol–water partition coefficient (Wildman–Crippen LogP) is 1.26. The normalized spacial score (nSPS) is 10.1. The van der Waals surface area contributed by atoms with Crippen LogP contribution in [0.15, 0.2) is 30.7 Å². The minimum absolute atomic E-state index is 0.0951. The van der Waals surface area contributed by atoms with Gasteiger partial charge in [-0.1, -0.05) is 0 Å². The second-order valence-electron chi connectivity index (χ2n) is 4.20. The van der Waals surface area contributed by atoms with E-state index in [0.29, 0.717) is 11.5 Å². The number of hydrogen-bond acceptors (Lipinski definition) is 6. The fraction of sp³-hybridized carbons (Fsp3) is 0.250. The molecule has 2 heterocycles. The summed E-state index contributed by atoms with van der Waals surface area (Å²) in [6.07, 6.45) is 4.14. The average molecular weight is 290 g/mol. The van der Waals surface area contributed by atoms with Gasteiger partial charge in [0.15, 0.2) is 0 Å². The molecule has 110 valence electrons. The van der Waals surface area contributed by atoms with Crippen molar-refractivity contribution in [3.05, 3.63) is 40.8 Å². The van der Waals surface area contributed by atoms with Gasteiger partial charge in [-0.3, -0.25) is 19.6 Å². The van der Waals surface area contributed by atoms with Crippen molar-refractivity contribution in [1.82, 2.24) is 14.8 Å². The summed E-state index contributed by atoms with van der Waals surface area (Å²) < 4.78 is 1.36. The molecule has 9 heteroatoms. The number of rotatable bonds is 6. The Hall–Kier alpha value is -2.97. The maximum Gasteiger partial charge on any atom is 0.306 e. The van der Waals surface area contributed by atoms with Crippen molar-refractivity contribution >= 4 is 23.1 Å². The number of anilines is 2. The van der Waals surface area contributed by atoms with Crippen molar-refractivity contribution in [2.24, 2.45) is 0 Å². The first kappa shape index (κ1) is 14.4. The molecular weight excluding hydrogens is 276 g/mol. The van der Waals surface area contributed by atoms with E-state index in [1.165, 1.54) is 10.9 Å². The highest BCUT2D eigenvalue weighted by atomic mass is 16.6. The van der Waals surface area contributed by atoms with Gasteiger partial charge in [0.05, 0.1) is 16.8 Å². The number of carbonyl (C=O) groups excluding carboxylic acids is 1. The number of nitro groups is 1. The van der Waals surface area contributed by atoms with Crippen LogP contribution in [-0.4, -0.2) is 32.6 Å². The van der Waals surface area contributed by atoms with Gasteiger partial charge in [0.25, 0.3) is 0 Å². The minimum Gasteiger partial charge on any atom is -0.373 e. The molecule has 0 unspecified atom stereocenters.